The largest absolute Gasteiger partial charge is 0.365 e. The molecule has 7 heteroatoms. The van der Waals surface area contributed by atoms with E-state index in [9.17, 15) is 14.0 Å². The molecule has 5 nitrogen and oxygen atoms in total. The number of nitrogens with zero attached hydrogens (tertiary/aromatic N) is 2. The number of carbonyl (C=O) groups is 1. The first-order valence-corrected chi connectivity index (χ1v) is 8.64. The Morgan fingerprint density at radius 2 is 2.04 bits per heavy atom. The monoisotopic (exact) mass is 441 g/mol. The van der Waals surface area contributed by atoms with E-state index in [0.29, 0.717) is 17.1 Å². The number of aromatic nitrogens is 1. The van der Waals surface area contributed by atoms with Gasteiger partial charge in [-0.05, 0) is 66.6 Å². The molecular weight excluding hydrogens is 424 g/mol. The fraction of sp³-hybridized carbons (Fsp3) is 0.294. The van der Waals surface area contributed by atoms with Gasteiger partial charge in [-0.15, -0.1) is 0 Å². The molecule has 1 fully saturated rings. The van der Waals surface area contributed by atoms with E-state index >= 15 is 0 Å². The first kappa shape index (κ1) is 16.9. The summed E-state index contributed by atoms with van der Waals surface area (Å²) in [5, 5.41) is 0. The number of rotatable bonds is 4. The number of halogens is 2. The minimum atomic E-state index is -0.639. The van der Waals surface area contributed by atoms with Gasteiger partial charge in [-0.25, -0.2) is 4.39 Å². The van der Waals surface area contributed by atoms with E-state index in [4.69, 9.17) is 5.73 Å². The lowest BCUT2D eigenvalue weighted by Crippen LogP contribution is -2.33. The van der Waals surface area contributed by atoms with Crippen LogP contribution in [0.4, 0.5) is 15.9 Å². The van der Waals surface area contributed by atoms with Crippen molar-refractivity contribution in [1.82, 2.24) is 4.57 Å². The minimum Gasteiger partial charge on any atom is -0.365 e. The second-order valence-electron chi connectivity index (χ2n) is 5.99. The lowest BCUT2D eigenvalue weighted by molar-refractivity contribution is 0.1000. The van der Waals surface area contributed by atoms with E-state index in [1.807, 2.05) is 22.6 Å². The predicted octanol–water partition coefficient (Wildman–Crippen LogP) is 2.84. The summed E-state index contributed by atoms with van der Waals surface area (Å²) < 4.78 is 16.7. The highest BCUT2D eigenvalue weighted by Crippen LogP contribution is 2.40. The third kappa shape index (κ3) is 2.92. The topological polar surface area (TPSA) is 68.3 Å². The molecule has 1 aliphatic rings. The molecule has 1 heterocycles. The Kier molecular flexibility index (Phi) is 4.37. The SMILES string of the molecule is Cc1cc(C(N)=O)c(N(c2ccc(I)cc2F)C2CC2)n(C)c1=O. The van der Waals surface area contributed by atoms with Gasteiger partial charge in [-0.3, -0.25) is 14.2 Å². The highest BCUT2D eigenvalue weighted by molar-refractivity contribution is 14.1. The van der Waals surface area contributed by atoms with Crippen molar-refractivity contribution in [2.75, 3.05) is 4.90 Å². The van der Waals surface area contributed by atoms with Gasteiger partial charge in [-0.1, -0.05) is 0 Å². The first-order valence-electron chi connectivity index (χ1n) is 7.56. The molecule has 0 spiro atoms. The second-order valence-corrected chi connectivity index (χ2v) is 7.24. The van der Waals surface area contributed by atoms with E-state index in [2.05, 4.69) is 0 Å². The van der Waals surface area contributed by atoms with Crippen LogP contribution in [0, 0.1) is 16.3 Å². The van der Waals surface area contributed by atoms with E-state index in [0.717, 1.165) is 16.4 Å². The van der Waals surface area contributed by atoms with Crippen molar-refractivity contribution >= 4 is 40.0 Å². The summed E-state index contributed by atoms with van der Waals surface area (Å²) in [5.74, 6) is -0.682. The average Bonchev–Trinajstić information content (AvgIpc) is 3.33. The van der Waals surface area contributed by atoms with Crippen molar-refractivity contribution in [3.05, 3.63) is 55.1 Å². The smallest absolute Gasteiger partial charge is 0.254 e. The van der Waals surface area contributed by atoms with Gasteiger partial charge in [0.15, 0.2) is 0 Å². The lowest BCUT2D eigenvalue weighted by Gasteiger charge is -2.29. The maximum absolute atomic E-state index is 14.6. The van der Waals surface area contributed by atoms with Gasteiger partial charge in [0, 0.05) is 22.2 Å². The Morgan fingerprint density at radius 1 is 1.38 bits per heavy atom. The van der Waals surface area contributed by atoms with Crippen LogP contribution in [0.1, 0.15) is 28.8 Å². The summed E-state index contributed by atoms with van der Waals surface area (Å²) in [5.41, 5.74) is 6.29. The third-order valence-corrected chi connectivity index (χ3v) is 4.81. The highest BCUT2D eigenvalue weighted by Gasteiger charge is 2.35. The molecule has 0 unspecified atom stereocenters. The molecule has 0 atom stereocenters. The number of primary amides is 1. The van der Waals surface area contributed by atoms with Crippen molar-refractivity contribution in [3.63, 3.8) is 0 Å². The van der Waals surface area contributed by atoms with Crippen LogP contribution < -0.4 is 16.2 Å². The van der Waals surface area contributed by atoms with E-state index < -0.39 is 11.7 Å². The Hall–Kier alpha value is -1.90. The molecule has 126 valence electrons. The van der Waals surface area contributed by atoms with Gasteiger partial charge >= 0.3 is 0 Å². The molecule has 0 radical (unpaired) electrons. The zero-order valence-electron chi connectivity index (χ0n) is 13.3. The summed E-state index contributed by atoms with van der Waals surface area (Å²) in [4.78, 5) is 26.0. The summed E-state index contributed by atoms with van der Waals surface area (Å²) >= 11 is 2.04. The van der Waals surface area contributed by atoms with Gasteiger partial charge in [-0.2, -0.15) is 0 Å². The Morgan fingerprint density at radius 3 is 2.58 bits per heavy atom. The molecule has 0 saturated heterocycles. The minimum absolute atomic E-state index is 0.0472. The molecule has 1 amide bonds. The molecule has 2 N–H and O–H groups in total. The van der Waals surface area contributed by atoms with Crippen LogP contribution in [0.2, 0.25) is 0 Å². The quantitative estimate of drug-likeness (QED) is 0.743. The summed E-state index contributed by atoms with van der Waals surface area (Å²) in [7, 11) is 1.58. The van der Waals surface area contributed by atoms with Gasteiger partial charge in [0.05, 0.1) is 11.3 Å². The molecule has 1 aliphatic carbocycles. The number of carbonyl (C=O) groups excluding carboxylic acids is 1. The van der Waals surface area contributed by atoms with Gasteiger partial charge in [0.25, 0.3) is 11.5 Å². The summed E-state index contributed by atoms with van der Waals surface area (Å²) in [6.07, 6.45) is 1.73. The molecule has 1 saturated carbocycles. The number of pyridine rings is 1. The van der Waals surface area contributed by atoms with Crippen LogP contribution in [0.15, 0.2) is 29.1 Å². The number of hydrogen-bond acceptors (Lipinski definition) is 3. The van der Waals surface area contributed by atoms with Crippen LogP contribution in [0.25, 0.3) is 0 Å². The van der Waals surface area contributed by atoms with Crippen LogP contribution in [-0.2, 0) is 7.05 Å². The standard InChI is InChI=1S/C17H17FIN3O2/c1-9-7-12(15(20)23)16(21(2)17(9)24)22(11-4-5-11)14-6-3-10(19)8-13(14)18/h3,6-8,11H,4-5H2,1-2H3,(H2,20,23). The molecular formula is C17H17FIN3O2. The zero-order valence-corrected chi connectivity index (χ0v) is 15.5. The molecule has 24 heavy (non-hydrogen) atoms. The van der Waals surface area contributed by atoms with E-state index in [1.165, 1.54) is 16.7 Å². The van der Waals surface area contributed by atoms with Crippen LogP contribution in [-0.4, -0.2) is 16.5 Å². The second kappa shape index (κ2) is 6.19. The Labute approximate surface area is 152 Å². The summed E-state index contributed by atoms with van der Waals surface area (Å²) in [6.45, 7) is 1.63. The fourth-order valence-corrected chi connectivity index (χ4v) is 3.30. The molecule has 1 aromatic carbocycles. The van der Waals surface area contributed by atoms with Crippen LogP contribution >= 0.6 is 22.6 Å². The van der Waals surface area contributed by atoms with Crippen molar-refractivity contribution in [2.24, 2.45) is 12.8 Å². The molecule has 3 rings (SSSR count). The van der Waals surface area contributed by atoms with E-state index in [-0.39, 0.29) is 17.2 Å². The van der Waals surface area contributed by atoms with Crippen LogP contribution in [0.5, 0.6) is 0 Å². The third-order valence-electron chi connectivity index (χ3n) is 4.14. The number of benzene rings is 1. The molecule has 2 aromatic rings. The predicted molar refractivity (Wildman–Crippen MR) is 99.2 cm³/mol. The van der Waals surface area contributed by atoms with Crippen LogP contribution in [0.3, 0.4) is 0 Å². The van der Waals surface area contributed by atoms with Crippen molar-refractivity contribution < 1.29 is 9.18 Å². The normalized spacial score (nSPS) is 13.8. The Bertz CT molecular complexity index is 890. The molecule has 0 bridgehead atoms. The number of nitrogens with two attached hydrogens (primary N) is 1. The number of amides is 1. The van der Waals surface area contributed by atoms with Gasteiger partial charge in [0.2, 0.25) is 0 Å². The highest BCUT2D eigenvalue weighted by atomic mass is 127. The van der Waals surface area contributed by atoms with Crippen molar-refractivity contribution in [3.8, 4) is 0 Å². The zero-order chi connectivity index (χ0) is 17.6. The summed E-state index contributed by atoms with van der Waals surface area (Å²) in [6, 6.07) is 6.43. The molecule has 0 aliphatic heterocycles. The first-order chi connectivity index (χ1) is 11.3. The number of aryl methyl sites for hydroxylation is 1. The maximum atomic E-state index is 14.6. The Balaban J connectivity index is 2.29. The van der Waals surface area contributed by atoms with E-state index in [1.54, 1.807) is 31.0 Å². The number of anilines is 2. The lowest BCUT2D eigenvalue weighted by atomic mass is 10.1. The number of hydrogen-bond donors (Lipinski definition) is 1. The fourth-order valence-electron chi connectivity index (χ4n) is 2.85. The van der Waals surface area contributed by atoms with Crippen molar-refractivity contribution in [2.45, 2.75) is 25.8 Å². The molecule has 1 aromatic heterocycles. The van der Waals surface area contributed by atoms with Gasteiger partial charge < -0.3 is 10.6 Å². The van der Waals surface area contributed by atoms with Gasteiger partial charge in [0.1, 0.15) is 11.6 Å². The van der Waals surface area contributed by atoms with Crippen molar-refractivity contribution in [1.29, 1.82) is 0 Å². The average molecular weight is 441 g/mol. The maximum Gasteiger partial charge on any atom is 0.254 e.